The van der Waals surface area contributed by atoms with Gasteiger partial charge in [-0.05, 0) is 18.4 Å². The Kier molecular flexibility index (Phi) is 6.36. The Morgan fingerprint density at radius 1 is 1.37 bits per heavy atom. The van der Waals surface area contributed by atoms with Crippen molar-refractivity contribution in [1.29, 1.82) is 0 Å². The second kappa shape index (κ2) is 7.79. The van der Waals surface area contributed by atoms with E-state index in [0.717, 1.165) is 5.56 Å². The normalized spacial score (nSPS) is 12.3. The Balaban J connectivity index is 2.55. The number of rotatable bonds is 7. The molecule has 106 valence electrons. The summed E-state index contributed by atoms with van der Waals surface area (Å²) in [5.74, 6) is 0.837. The van der Waals surface area contributed by atoms with Gasteiger partial charge in [-0.3, -0.25) is 4.79 Å². The van der Waals surface area contributed by atoms with Crippen molar-refractivity contribution in [1.82, 2.24) is 5.32 Å². The molecule has 19 heavy (non-hydrogen) atoms. The number of ether oxygens (including phenoxy) is 1. The summed E-state index contributed by atoms with van der Waals surface area (Å²) in [6.45, 7) is 6.58. The lowest BCUT2D eigenvalue weighted by atomic mass is 10.1. The SMILES string of the molecule is CC[C@@H](O)c1ccccc1OCC(=O)NCC(C)C. The van der Waals surface area contributed by atoms with Gasteiger partial charge in [-0.2, -0.15) is 0 Å². The summed E-state index contributed by atoms with van der Waals surface area (Å²) in [6.07, 6.45) is 0.0508. The highest BCUT2D eigenvalue weighted by molar-refractivity contribution is 5.77. The van der Waals surface area contributed by atoms with Gasteiger partial charge in [-0.25, -0.2) is 0 Å². The number of hydrogen-bond donors (Lipinski definition) is 2. The van der Waals surface area contributed by atoms with E-state index in [9.17, 15) is 9.90 Å². The van der Waals surface area contributed by atoms with Crippen molar-refractivity contribution in [3.63, 3.8) is 0 Å². The molecule has 1 aromatic carbocycles. The van der Waals surface area contributed by atoms with Crippen molar-refractivity contribution in [3.8, 4) is 5.75 Å². The Morgan fingerprint density at radius 2 is 2.05 bits per heavy atom. The minimum Gasteiger partial charge on any atom is -0.483 e. The number of amides is 1. The van der Waals surface area contributed by atoms with E-state index in [4.69, 9.17) is 4.74 Å². The number of aliphatic hydroxyl groups excluding tert-OH is 1. The number of carbonyl (C=O) groups excluding carboxylic acids is 1. The van der Waals surface area contributed by atoms with Crippen LogP contribution in [0.5, 0.6) is 5.75 Å². The van der Waals surface area contributed by atoms with Gasteiger partial charge in [-0.15, -0.1) is 0 Å². The maximum absolute atomic E-state index is 11.6. The second-order valence-electron chi connectivity index (χ2n) is 4.95. The fourth-order valence-electron chi connectivity index (χ4n) is 1.62. The lowest BCUT2D eigenvalue weighted by molar-refractivity contribution is -0.123. The fourth-order valence-corrected chi connectivity index (χ4v) is 1.62. The third-order valence-corrected chi connectivity index (χ3v) is 2.73. The number of nitrogens with one attached hydrogen (secondary N) is 1. The number of aliphatic hydroxyl groups is 1. The van der Waals surface area contributed by atoms with Crippen LogP contribution in [0.2, 0.25) is 0 Å². The standard InChI is InChI=1S/C15H23NO3/c1-4-13(17)12-7-5-6-8-14(12)19-10-15(18)16-9-11(2)3/h5-8,11,13,17H,4,9-10H2,1-3H3,(H,16,18)/t13-/m1/s1. The Hall–Kier alpha value is -1.55. The van der Waals surface area contributed by atoms with Crippen molar-refractivity contribution in [2.45, 2.75) is 33.3 Å². The van der Waals surface area contributed by atoms with E-state index in [2.05, 4.69) is 5.32 Å². The molecule has 0 aromatic heterocycles. The van der Waals surface area contributed by atoms with E-state index in [1.807, 2.05) is 39.0 Å². The first-order chi connectivity index (χ1) is 9.04. The smallest absolute Gasteiger partial charge is 0.257 e. The van der Waals surface area contributed by atoms with Crippen molar-refractivity contribution in [2.75, 3.05) is 13.2 Å². The zero-order valence-electron chi connectivity index (χ0n) is 11.8. The Morgan fingerprint density at radius 3 is 2.68 bits per heavy atom. The van der Waals surface area contributed by atoms with E-state index < -0.39 is 6.10 Å². The van der Waals surface area contributed by atoms with E-state index >= 15 is 0 Å². The molecule has 0 saturated heterocycles. The zero-order chi connectivity index (χ0) is 14.3. The van der Waals surface area contributed by atoms with E-state index in [1.165, 1.54) is 0 Å². The first-order valence-electron chi connectivity index (χ1n) is 6.71. The van der Waals surface area contributed by atoms with Crippen molar-refractivity contribution >= 4 is 5.91 Å². The first-order valence-corrected chi connectivity index (χ1v) is 6.71. The summed E-state index contributed by atoms with van der Waals surface area (Å²) in [5.41, 5.74) is 0.724. The van der Waals surface area contributed by atoms with Gasteiger partial charge in [0.15, 0.2) is 6.61 Å². The molecule has 0 radical (unpaired) electrons. The average Bonchev–Trinajstić information content (AvgIpc) is 2.42. The molecule has 0 aliphatic carbocycles. The molecular weight excluding hydrogens is 242 g/mol. The highest BCUT2D eigenvalue weighted by Crippen LogP contribution is 2.26. The quantitative estimate of drug-likeness (QED) is 0.795. The molecule has 1 rings (SSSR count). The molecule has 0 saturated carbocycles. The number of benzene rings is 1. The number of carbonyl (C=O) groups is 1. The molecular formula is C15H23NO3. The summed E-state index contributed by atoms with van der Waals surface area (Å²) in [7, 11) is 0. The average molecular weight is 265 g/mol. The summed E-state index contributed by atoms with van der Waals surface area (Å²) in [5, 5.41) is 12.7. The van der Waals surface area contributed by atoms with E-state index in [1.54, 1.807) is 6.07 Å². The zero-order valence-corrected chi connectivity index (χ0v) is 11.8. The van der Waals surface area contributed by atoms with Crippen LogP contribution in [0.15, 0.2) is 24.3 Å². The molecule has 0 unspecified atom stereocenters. The summed E-state index contributed by atoms with van der Waals surface area (Å²) < 4.78 is 5.48. The van der Waals surface area contributed by atoms with E-state index in [-0.39, 0.29) is 12.5 Å². The lowest BCUT2D eigenvalue weighted by Gasteiger charge is -2.15. The van der Waals surface area contributed by atoms with Crippen molar-refractivity contribution in [2.24, 2.45) is 5.92 Å². The van der Waals surface area contributed by atoms with Gasteiger partial charge in [0.25, 0.3) is 5.91 Å². The number of para-hydroxylation sites is 1. The van der Waals surface area contributed by atoms with Crippen LogP contribution in [0.3, 0.4) is 0 Å². The molecule has 0 aliphatic rings. The fraction of sp³-hybridized carbons (Fsp3) is 0.533. The molecule has 0 fully saturated rings. The van der Waals surface area contributed by atoms with Gasteiger partial charge in [0.2, 0.25) is 0 Å². The van der Waals surface area contributed by atoms with Crippen LogP contribution in [0.1, 0.15) is 38.9 Å². The molecule has 1 atom stereocenters. The molecule has 4 nitrogen and oxygen atoms in total. The van der Waals surface area contributed by atoms with Gasteiger partial charge in [-0.1, -0.05) is 39.0 Å². The summed E-state index contributed by atoms with van der Waals surface area (Å²) >= 11 is 0. The number of hydrogen-bond acceptors (Lipinski definition) is 3. The van der Waals surface area contributed by atoms with Crippen molar-refractivity contribution < 1.29 is 14.6 Å². The van der Waals surface area contributed by atoms with Crippen LogP contribution in [0.25, 0.3) is 0 Å². The molecule has 4 heteroatoms. The van der Waals surface area contributed by atoms with Crippen LogP contribution in [-0.4, -0.2) is 24.2 Å². The van der Waals surface area contributed by atoms with Gasteiger partial charge in [0.05, 0.1) is 6.10 Å². The maximum atomic E-state index is 11.6. The molecule has 0 bridgehead atoms. The highest BCUT2D eigenvalue weighted by Gasteiger charge is 2.12. The molecule has 1 amide bonds. The highest BCUT2D eigenvalue weighted by atomic mass is 16.5. The molecule has 0 aliphatic heterocycles. The first kappa shape index (κ1) is 15.5. The van der Waals surface area contributed by atoms with Crippen LogP contribution in [-0.2, 0) is 4.79 Å². The minimum atomic E-state index is -0.560. The Bertz CT molecular complexity index is 404. The Labute approximate surface area is 114 Å². The minimum absolute atomic E-state index is 0.0276. The van der Waals surface area contributed by atoms with Crippen LogP contribution >= 0.6 is 0 Å². The van der Waals surface area contributed by atoms with Crippen molar-refractivity contribution in [3.05, 3.63) is 29.8 Å². The maximum Gasteiger partial charge on any atom is 0.257 e. The summed E-state index contributed by atoms with van der Waals surface area (Å²) in [6, 6.07) is 7.26. The van der Waals surface area contributed by atoms with Crippen LogP contribution in [0.4, 0.5) is 0 Å². The van der Waals surface area contributed by atoms with Gasteiger partial charge in [0, 0.05) is 12.1 Å². The molecule has 2 N–H and O–H groups in total. The molecule has 1 aromatic rings. The van der Waals surface area contributed by atoms with Crippen LogP contribution < -0.4 is 10.1 Å². The second-order valence-corrected chi connectivity index (χ2v) is 4.95. The summed E-state index contributed by atoms with van der Waals surface area (Å²) in [4.78, 5) is 11.6. The van der Waals surface area contributed by atoms with E-state index in [0.29, 0.717) is 24.6 Å². The lowest BCUT2D eigenvalue weighted by Crippen LogP contribution is -2.31. The topological polar surface area (TPSA) is 58.6 Å². The third kappa shape index (κ3) is 5.30. The predicted molar refractivity (Wildman–Crippen MR) is 75.0 cm³/mol. The molecule has 0 heterocycles. The predicted octanol–water partition coefficient (Wildman–Crippen LogP) is 2.28. The van der Waals surface area contributed by atoms with Crippen LogP contribution in [0, 0.1) is 5.92 Å². The monoisotopic (exact) mass is 265 g/mol. The van der Waals surface area contributed by atoms with Gasteiger partial charge in [0.1, 0.15) is 5.75 Å². The van der Waals surface area contributed by atoms with Gasteiger partial charge >= 0.3 is 0 Å². The third-order valence-electron chi connectivity index (χ3n) is 2.73. The molecule has 0 spiro atoms. The largest absolute Gasteiger partial charge is 0.483 e. The van der Waals surface area contributed by atoms with Gasteiger partial charge < -0.3 is 15.2 Å².